The lowest BCUT2D eigenvalue weighted by atomic mass is 10.1. The van der Waals surface area contributed by atoms with Crippen LogP contribution in [0.15, 0.2) is 18.2 Å². The molecule has 0 unspecified atom stereocenters. The van der Waals surface area contributed by atoms with Crippen molar-refractivity contribution in [1.82, 2.24) is 4.90 Å². The second kappa shape index (κ2) is 7.70. The molecular weight excluding hydrogens is 266 g/mol. The van der Waals surface area contributed by atoms with Gasteiger partial charge >= 0.3 is 0 Å². The summed E-state index contributed by atoms with van der Waals surface area (Å²) in [5.74, 6) is 6.09. The molecule has 1 fully saturated rings. The second-order valence-electron chi connectivity index (χ2n) is 5.08. The van der Waals surface area contributed by atoms with Crippen LogP contribution in [0.1, 0.15) is 41.6 Å². The average Bonchev–Trinajstić information content (AvgIpc) is 2.81. The fourth-order valence-corrected chi connectivity index (χ4v) is 2.53. The molecule has 1 N–H and O–H groups in total. The van der Waals surface area contributed by atoms with Crippen LogP contribution in [0.25, 0.3) is 0 Å². The van der Waals surface area contributed by atoms with Crippen molar-refractivity contribution in [2.24, 2.45) is 0 Å². The predicted octanol–water partition coefficient (Wildman–Crippen LogP) is 2.06. The molecule has 0 bridgehead atoms. The van der Waals surface area contributed by atoms with E-state index in [1.165, 1.54) is 12.8 Å². The maximum atomic E-state index is 12.6. The molecular formula is C17H21NO3. The quantitative estimate of drug-likeness (QED) is 0.847. The van der Waals surface area contributed by atoms with Crippen molar-refractivity contribution in [2.75, 3.05) is 26.8 Å². The molecule has 0 spiro atoms. The maximum Gasteiger partial charge on any atom is 0.253 e. The molecule has 112 valence electrons. The minimum Gasteiger partial charge on any atom is -0.495 e. The first-order chi connectivity index (χ1) is 10.3. The number of carbonyl (C=O) groups is 1. The number of benzene rings is 1. The van der Waals surface area contributed by atoms with Gasteiger partial charge in [0.25, 0.3) is 5.91 Å². The smallest absolute Gasteiger partial charge is 0.253 e. The number of hydrogen-bond acceptors (Lipinski definition) is 3. The second-order valence-corrected chi connectivity index (χ2v) is 5.08. The lowest BCUT2D eigenvalue weighted by Gasteiger charge is -2.20. The van der Waals surface area contributed by atoms with Crippen molar-refractivity contribution in [1.29, 1.82) is 0 Å². The van der Waals surface area contributed by atoms with Crippen LogP contribution in [0, 0.1) is 11.8 Å². The van der Waals surface area contributed by atoms with Crippen LogP contribution in [-0.4, -0.2) is 42.7 Å². The highest BCUT2D eigenvalue weighted by atomic mass is 16.5. The molecule has 0 saturated carbocycles. The van der Waals surface area contributed by atoms with E-state index in [9.17, 15) is 4.79 Å². The van der Waals surface area contributed by atoms with Gasteiger partial charge in [0.1, 0.15) is 12.4 Å². The van der Waals surface area contributed by atoms with Crippen molar-refractivity contribution in [3.63, 3.8) is 0 Å². The van der Waals surface area contributed by atoms with Crippen LogP contribution in [0.2, 0.25) is 0 Å². The summed E-state index contributed by atoms with van der Waals surface area (Å²) < 4.78 is 5.23. The van der Waals surface area contributed by atoms with E-state index in [2.05, 4.69) is 11.8 Å². The maximum absolute atomic E-state index is 12.6. The van der Waals surface area contributed by atoms with Crippen molar-refractivity contribution in [2.45, 2.75) is 25.7 Å². The van der Waals surface area contributed by atoms with Gasteiger partial charge in [-0.05, 0) is 31.0 Å². The fraction of sp³-hybridized carbons (Fsp3) is 0.471. The zero-order valence-electron chi connectivity index (χ0n) is 12.4. The van der Waals surface area contributed by atoms with E-state index in [4.69, 9.17) is 9.84 Å². The molecule has 1 aliphatic heterocycles. The summed E-state index contributed by atoms with van der Waals surface area (Å²) in [5.41, 5.74) is 1.26. The Bertz CT molecular complexity index is 549. The molecule has 4 heteroatoms. The summed E-state index contributed by atoms with van der Waals surface area (Å²) >= 11 is 0. The van der Waals surface area contributed by atoms with Gasteiger partial charge in [0.15, 0.2) is 0 Å². The normalized spacial score (nSPS) is 14.9. The highest BCUT2D eigenvalue weighted by Crippen LogP contribution is 2.21. The predicted molar refractivity (Wildman–Crippen MR) is 81.3 cm³/mol. The van der Waals surface area contributed by atoms with E-state index in [0.29, 0.717) is 16.9 Å². The van der Waals surface area contributed by atoms with Crippen molar-refractivity contribution in [3.8, 4) is 17.6 Å². The lowest BCUT2D eigenvalue weighted by Crippen LogP contribution is -2.31. The molecule has 2 rings (SSSR count). The summed E-state index contributed by atoms with van der Waals surface area (Å²) in [6, 6.07) is 5.28. The zero-order valence-corrected chi connectivity index (χ0v) is 12.4. The number of amides is 1. The Morgan fingerprint density at radius 3 is 2.62 bits per heavy atom. The monoisotopic (exact) mass is 287 g/mol. The molecule has 1 heterocycles. The summed E-state index contributed by atoms with van der Waals surface area (Å²) in [7, 11) is 1.57. The Balaban J connectivity index is 2.24. The summed E-state index contributed by atoms with van der Waals surface area (Å²) in [6.07, 6.45) is 4.53. The van der Waals surface area contributed by atoms with Crippen molar-refractivity contribution >= 4 is 5.91 Å². The SMILES string of the molecule is COc1ccc(C(=O)N2CCCCCC2)cc1C#CCO. The van der Waals surface area contributed by atoms with Crippen LogP contribution in [0.4, 0.5) is 0 Å². The molecule has 1 amide bonds. The number of hydrogen-bond donors (Lipinski definition) is 1. The molecule has 1 aliphatic rings. The van der Waals surface area contributed by atoms with Crippen LogP contribution in [-0.2, 0) is 0 Å². The van der Waals surface area contributed by atoms with E-state index in [0.717, 1.165) is 25.9 Å². The first-order valence-electron chi connectivity index (χ1n) is 7.33. The van der Waals surface area contributed by atoms with Gasteiger partial charge in [-0.2, -0.15) is 0 Å². The standard InChI is InChI=1S/C17H21NO3/c1-21-16-9-8-15(13-14(16)7-6-12-19)17(20)18-10-4-2-3-5-11-18/h8-9,13,19H,2-5,10-12H2,1H3. The third-order valence-corrected chi connectivity index (χ3v) is 3.64. The number of rotatable bonds is 2. The molecule has 1 aromatic rings. The topological polar surface area (TPSA) is 49.8 Å². The van der Waals surface area contributed by atoms with Gasteiger partial charge in [-0.25, -0.2) is 0 Å². The molecule has 0 aromatic heterocycles. The van der Waals surface area contributed by atoms with Crippen LogP contribution < -0.4 is 4.74 Å². The number of likely N-dealkylation sites (tertiary alicyclic amines) is 1. The van der Waals surface area contributed by atoms with E-state index in [1.807, 2.05) is 4.90 Å². The molecule has 1 aromatic carbocycles. The Hall–Kier alpha value is -1.99. The number of aliphatic hydroxyl groups is 1. The average molecular weight is 287 g/mol. The van der Waals surface area contributed by atoms with E-state index in [-0.39, 0.29) is 12.5 Å². The molecule has 0 radical (unpaired) electrons. The highest BCUT2D eigenvalue weighted by molar-refractivity contribution is 5.95. The van der Waals surface area contributed by atoms with Gasteiger partial charge in [-0.1, -0.05) is 24.7 Å². The van der Waals surface area contributed by atoms with E-state index >= 15 is 0 Å². The van der Waals surface area contributed by atoms with Crippen molar-refractivity contribution < 1.29 is 14.6 Å². The third-order valence-electron chi connectivity index (χ3n) is 3.64. The highest BCUT2D eigenvalue weighted by Gasteiger charge is 2.18. The van der Waals surface area contributed by atoms with Gasteiger partial charge in [0, 0.05) is 18.7 Å². The number of aliphatic hydroxyl groups excluding tert-OH is 1. The number of carbonyl (C=O) groups excluding carboxylic acids is 1. The minimum absolute atomic E-state index is 0.0478. The van der Waals surface area contributed by atoms with Gasteiger partial charge in [-0.15, -0.1) is 0 Å². The first kappa shape index (κ1) is 15.4. The number of methoxy groups -OCH3 is 1. The Morgan fingerprint density at radius 1 is 1.29 bits per heavy atom. The third kappa shape index (κ3) is 3.99. The number of ether oxygens (including phenoxy) is 1. The molecule has 21 heavy (non-hydrogen) atoms. The van der Waals surface area contributed by atoms with Gasteiger partial charge < -0.3 is 14.7 Å². The summed E-state index contributed by atoms with van der Waals surface area (Å²) in [4.78, 5) is 14.5. The Labute approximate surface area is 125 Å². The van der Waals surface area contributed by atoms with Gasteiger partial charge in [0.2, 0.25) is 0 Å². The summed E-state index contributed by atoms with van der Waals surface area (Å²) in [6.45, 7) is 1.43. The van der Waals surface area contributed by atoms with Crippen LogP contribution in [0.5, 0.6) is 5.75 Å². The largest absolute Gasteiger partial charge is 0.495 e. The molecule has 4 nitrogen and oxygen atoms in total. The van der Waals surface area contributed by atoms with E-state index in [1.54, 1.807) is 25.3 Å². The fourth-order valence-electron chi connectivity index (χ4n) is 2.53. The van der Waals surface area contributed by atoms with Crippen LogP contribution >= 0.6 is 0 Å². The Kier molecular flexibility index (Phi) is 5.65. The number of nitrogens with zero attached hydrogens (tertiary/aromatic N) is 1. The van der Waals surface area contributed by atoms with Crippen molar-refractivity contribution in [3.05, 3.63) is 29.3 Å². The lowest BCUT2D eigenvalue weighted by molar-refractivity contribution is 0.0761. The Morgan fingerprint density at radius 2 is 2.00 bits per heavy atom. The zero-order chi connectivity index (χ0) is 15.1. The first-order valence-corrected chi connectivity index (χ1v) is 7.33. The molecule has 0 atom stereocenters. The minimum atomic E-state index is -0.215. The molecule has 0 aliphatic carbocycles. The molecule has 1 saturated heterocycles. The van der Waals surface area contributed by atoms with Gasteiger partial charge in [0.05, 0.1) is 12.7 Å². The van der Waals surface area contributed by atoms with Gasteiger partial charge in [-0.3, -0.25) is 4.79 Å². The van der Waals surface area contributed by atoms with E-state index < -0.39 is 0 Å². The van der Waals surface area contributed by atoms with Crippen LogP contribution in [0.3, 0.4) is 0 Å². The summed E-state index contributed by atoms with van der Waals surface area (Å²) in [5, 5.41) is 8.82.